The van der Waals surface area contributed by atoms with E-state index in [0.717, 1.165) is 103 Å². The van der Waals surface area contributed by atoms with E-state index < -0.39 is 6.10 Å². The molecule has 1 unspecified atom stereocenters. The molecule has 0 N–H and O–H groups in total. The molecule has 0 aliphatic carbocycles. The van der Waals surface area contributed by atoms with Gasteiger partial charge in [0.05, 0.1) is 0 Å². The first-order chi connectivity index (χ1) is 33.0. The molecule has 0 aromatic carbocycles. The van der Waals surface area contributed by atoms with Crippen molar-refractivity contribution in [1.29, 1.82) is 0 Å². The molecule has 6 heteroatoms. The fourth-order valence-corrected chi connectivity index (χ4v) is 7.98. The lowest BCUT2D eigenvalue weighted by Gasteiger charge is -2.18. The number of allylic oxidation sites excluding steroid dienone is 12. The molecular weight excluding hydrogens is 829 g/mol. The molecule has 0 aliphatic heterocycles. The lowest BCUT2D eigenvalue weighted by Crippen LogP contribution is -2.30. The zero-order valence-corrected chi connectivity index (χ0v) is 44.2. The van der Waals surface area contributed by atoms with Crippen LogP contribution < -0.4 is 0 Å². The Labute approximate surface area is 414 Å². The number of hydrogen-bond donors (Lipinski definition) is 0. The fraction of sp³-hybridized carbons (Fsp3) is 0.754. The van der Waals surface area contributed by atoms with E-state index in [4.69, 9.17) is 14.2 Å². The van der Waals surface area contributed by atoms with Gasteiger partial charge in [0, 0.05) is 19.3 Å². The van der Waals surface area contributed by atoms with Gasteiger partial charge in [-0.3, -0.25) is 14.4 Å². The van der Waals surface area contributed by atoms with Crippen LogP contribution in [0.3, 0.4) is 0 Å². The smallest absolute Gasteiger partial charge is 0.306 e. The van der Waals surface area contributed by atoms with Crippen molar-refractivity contribution in [3.63, 3.8) is 0 Å². The van der Waals surface area contributed by atoms with Crippen molar-refractivity contribution in [2.24, 2.45) is 0 Å². The highest BCUT2D eigenvalue weighted by Crippen LogP contribution is 2.16. The molecule has 0 saturated heterocycles. The van der Waals surface area contributed by atoms with Crippen molar-refractivity contribution < 1.29 is 28.6 Å². The van der Waals surface area contributed by atoms with Crippen LogP contribution in [0.15, 0.2) is 72.9 Å². The highest BCUT2D eigenvalue weighted by molar-refractivity contribution is 5.71. The second kappa shape index (κ2) is 55.4. The van der Waals surface area contributed by atoms with E-state index in [0.29, 0.717) is 19.3 Å². The summed E-state index contributed by atoms with van der Waals surface area (Å²) in [5.74, 6) is -0.883. The van der Waals surface area contributed by atoms with Crippen molar-refractivity contribution in [2.45, 2.75) is 284 Å². The number of unbranched alkanes of at least 4 members (excludes halogenated alkanes) is 28. The topological polar surface area (TPSA) is 78.9 Å². The number of hydrogen-bond acceptors (Lipinski definition) is 6. The zero-order chi connectivity index (χ0) is 48.6. The zero-order valence-electron chi connectivity index (χ0n) is 44.2. The predicted molar refractivity (Wildman–Crippen MR) is 288 cm³/mol. The van der Waals surface area contributed by atoms with Crippen LogP contribution >= 0.6 is 0 Å². The quantitative estimate of drug-likeness (QED) is 0.0262. The molecule has 386 valence electrons. The van der Waals surface area contributed by atoms with E-state index in [1.807, 2.05) is 0 Å². The van der Waals surface area contributed by atoms with Crippen LogP contribution in [0.5, 0.6) is 0 Å². The normalized spacial score (nSPS) is 12.6. The Balaban J connectivity index is 4.30. The molecule has 67 heavy (non-hydrogen) atoms. The highest BCUT2D eigenvalue weighted by atomic mass is 16.6. The highest BCUT2D eigenvalue weighted by Gasteiger charge is 2.19. The monoisotopic (exact) mass is 935 g/mol. The van der Waals surface area contributed by atoms with Gasteiger partial charge in [-0.2, -0.15) is 0 Å². The van der Waals surface area contributed by atoms with Gasteiger partial charge in [0.1, 0.15) is 13.2 Å². The Kier molecular flexibility index (Phi) is 52.8. The lowest BCUT2D eigenvalue weighted by atomic mass is 10.0. The number of carbonyl (C=O) groups is 3. The first kappa shape index (κ1) is 63.8. The van der Waals surface area contributed by atoms with Gasteiger partial charge in [0.2, 0.25) is 0 Å². The molecule has 0 fully saturated rings. The first-order valence-electron chi connectivity index (χ1n) is 28.4. The molecule has 0 rings (SSSR count). The van der Waals surface area contributed by atoms with Crippen molar-refractivity contribution >= 4 is 17.9 Å². The summed E-state index contributed by atoms with van der Waals surface area (Å²) in [5, 5.41) is 0. The largest absolute Gasteiger partial charge is 0.462 e. The summed E-state index contributed by atoms with van der Waals surface area (Å²) >= 11 is 0. The molecule has 0 aromatic rings. The summed E-state index contributed by atoms with van der Waals surface area (Å²) in [4.78, 5) is 38.0. The average molecular weight is 936 g/mol. The Morgan fingerprint density at radius 3 is 0.910 bits per heavy atom. The maximum atomic E-state index is 12.8. The fourth-order valence-electron chi connectivity index (χ4n) is 7.98. The minimum atomic E-state index is -0.777. The molecule has 1 atom stereocenters. The van der Waals surface area contributed by atoms with Crippen molar-refractivity contribution in [2.75, 3.05) is 13.2 Å². The Bertz CT molecular complexity index is 1260. The van der Waals surface area contributed by atoms with Crippen molar-refractivity contribution in [3.05, 3.63) is 72.9 Å². The Hall–Kier alpha value is -3.15. The molecule has 0 bridgehead atoms. The van der Waals surface area contributed by atoms with Gasteiger partial charge in [0.15, 0.2) is 6.10 Å². The van der Waals surface area contributed by atoms with Gasteiger partial charge in [-0.15, -0.1) is 0 Å². The van der Waals surface area contributed by atoms with Gasteiger partial charge in [-0.1, -0.05) is 261 Å². The second-order valence-corrected chi connectivity index (χ2v) is 18.8. The van der Waals surface area contributed by atoms with Gasteiger partial charge in [0.25, 0.3) is 0 Å². The summed E-state index contributed by atoms with van der Waals surface area (Å²) in [7, 11) is 0. The standard InChI is InChI=1S/C61H106O6/c1-4-7-10-13-16-19-22-25-26-27-28-29-30-31-32-33-34-35-36-37-40-42-45-48-51-54-60(63)66-57-58(67-61(64)55-52-49-46-43-39-24-21-18-15-12-9-6-3)56-65-59(62)53-50-47-44-41-38-23-20-17-14-11-8-5-2/h7,10,16,19,25-26,28-29,31-32,34-35,58H,4-6,8-9,11-15,17-18,20-24,27,30,33,36-57H2,1-3H3/b10-7-,19-16-,26-25-,29-28-,32-31-,35-34-. The predicted octanol–water partition coefficient (Wildman–Crippen LogP) is 19.0. The van der Waals surface area contributed by atoms with E-state index >= 15 is 0 Å². The Morgan fingerprint density at radius 1 is 0.313 bits per heavy atom. The first-order valence-corrected chi connectivity index (χ1v) is 28.4. The van der Waals surface area contributed by atoms with Crippen LogP contribution in [0.1, 0.15) is 278 Å². The molecule has 6 nitrogen and oxygen atoms in total. The van der Waals surface area contributed by atoms with E-state index in [1.165, 1.54) is 135 Å². The van der Waals surface area contributed by atoms with Gasteiger partial charge in [-0.25, -0.2) is 0 Å². The van der Waals surface area contributed by atoms with Crippen molar-refractivity contribution in [1.82, 2.24) is 0 Å². The van der Waals surface area contributed by atoms with Gasteiger partial charge >= 0.3 is 17.9 Å². The summed E-state index contributed by atoms with van der Waals surface area (Å²) in [5.41, 5.74) is 0. The second-order valence-electron chi connectivity index (χ2n) is 18.8. The van der Waals surface area contributed by atoms with Gasteiger partial charge < -0.3 is 14.2 Å². The minimum Gasteiger partial charge on any atom is -0.462 e. The van der Waals surface area contributed by atoms with Gasteiger partial charge in [-0.05, 0) is 70.6 Å². The van der Waals surface area contributed by atoms with Crippen molar-refractivity contribution in [3.8, 4) is 0 Å². The van der Waals surface area contributed by atoms with Crippen LogP contribution in [0.25, 0.3) is 0 Å². The summed E-state index contributed by atoms with van der Waals surface area (Å²) < 4.78 is 16.8. The number of carbonyl (C=O) groups excluding carboxylic acids is 3. The summed E-state index contributed by atoms with van der Waals surface area (Å²) in [6.07, 6.45) is 70.3. The van der Waals surface area contributed by atoms with Crippen LogP contribution in [0.2, 0.25) is 0 Å². The van der Waals surface area contributed by atoms with E-state index in [-0.39, 0.29) is 31.1 Å². The van der Waals surface area contributed by atoms with E-state index in [1.54, 1.807) is 0 Å². The third-order valence-corrected chi connectivity index (χ3v) is 12.2. The minimum absolute atomic E-state index is 0.0763. The third kappa shape index (κ3) is 53.7. The molecule has 0 heterocycles. The molecule has 0 saturated carbocycles. The molecule has 0 aromatic heterocycles. The molecule has 0 aliphatic rings. The number of esters is 3. The van der Waals surface area contributed by atoms with Crippen LogP contribution in [-0.4, -0.2) is 37.2 Å². The van der Waals surface area contributed by atoms with Crippen LogP contribution in [0.4, 0.5) is 0 Å². The Morgan fingerprint density at radius 2 is 0.582 bits per heavy atom. The SMILES string of the molecule is CC/C=C\C/C=C\C/C=C\C/C=C\C/C=C\C/C=C\CCCCCCCCC(=O)OCC(COC(=O)CCCCCCCCCCCCCC)OC(=O)CCCCCCCCCCCCCC. The number of rotatable bonds is 51. The van der Waals surface area contributed by atoms with E-state index in [2.05, 4.69) is 93.7 Å². The van der Waals surface area contributed by atoms with Crippen LogP contribution in [-0.2, 0) is 28.6 Å². The summed E-state index contributed by atoms with van der Waals surface area (Å²) in [6.45, 7) is 6.52. The van der Waals surface area contributed by atoms with Crippen LogP contribution in [0, 0.1) is 0 Å². The third-order valence-electron chi connectivity index (χ3n) is 12.2. The maximum Gasteiger partial charge on any atom is 0.306 e. The molecule has 0 spiro atoms. The molecule has 0 amide bonds. The average Bonchev–Trinajstić information content (AvgIpc) is 3.33. The lowest BCUT2D eigenvalue weighted by molar-refractivity contribution is -0.167. The number of ether oxygens (including phenoxy) is 3. The molecule has 0 radical (unpaired) electrons. The maximum absolute atomic E-state index is 12.8. The molecular formula is C61H106O6. The summed E-state index contributed by atoms with van der Waals surface area (Å²) in [6, 6.07) is 0. The van der Waals surface area contributed by atoms with E-state index in [9.17, 15) is 14.4 Å².